The van der Waals surface area contributed by atoms with Gasteiger partial charge in [0.1, 0.15) is 5.75 Å². The van der Waals surface area contributed by atoms with E-state index in [2.05, 4.69) is 10.5 Å². The SMILES string of the molecule is COc1ccc(CC(O)(C(=O)Nc2ccc3c(=O)onc(C)c3c2)c2ccc(S(C)(=O)=O)cc2)cc1. The molecular formula is C26H24N2O7S. The third-order valence-electron chi connectivity index (χ3n) is 5.91. The highest BCUT2D eigenvalue weighted by Gasteiger charge is 2.38. The second-order valence-corrected chi connectivity index (χ2v) is 10.5. The average molecular weight is 509 g/mol. The van der Waals surface area contributed by atoms with Crippen LogP contribution in [0.1, 0.15) is 16.8 Å². The van der Waals surface area contributed by atoms with Gasteiger partial charge < -0.3 is 19.7 Å². The molecule has 1 heterocycles. The van der Waals surface area contributed by atoms with Gasteiger partial charge in [0.15, 0.2) is 15.4 Å². The van der Waals surface area contributed by atoms with Gasteiger partial charge in [-0.15, -0.1) is 0 Å². The second-order valence-electron chi connectivity index (χ2n) is 8.45. The highest BCUT2D eigenvalue weighted by atomic mass is 32.2. The molecule has 1 unspecified atom stereocenters. The zero-order valence-corrected chi connectivity index (χ0v) is 20.6. The summed E-state index contributed by atoms with van der Waals surface area (Å²) >= 11 is 0. The van der Waals surface area contributed by atoms with E-state index in [0.29, 0.717) is 33.5 Å². The molecule has 0 aliphatic carbocycles. The van der Waals surface area contributed by atoms with Crippen LogP contribution >= 0.6 is 0 Å². The van der Waals surface area contributed by atoms with Crippen LogP contribution in [0.4, 0.5) is 5.69 Å². The van der Waals surface area contributed by atoms with Crippen LogP contribution in [0.3, 0.4) is 0 Å². The molecule has 1 aromatic heterocycles. The van der Waals surface area contributed by atoms with Crippen LogP contribution in [-0.4, -0.2) is 38.0 Å². The minimum Gasteiger partial charge on any atom is -0.497 e. The number of hydrogen-bond acceptors (Lipinski definition) is 8. The molecule has 0 bridgehead atoms. The van der Waals surface area contributed by atoms with Crippen LogP contribution in [0.2, 0.25) is 0 Å². The molecule has 0 aliphatic rings. The van der Waals surface area contributed by atoms with E-state index in [0.717, 1.165) is 6.26 Å². The standard InChI is InChI=1S/C26H24N2O7S/c1-16-23-14-19(8-13-22(23)24(29)35-28-16)27-25(30)26(31,15-17-4-9-20(34-2)10-5-17)18-6-11-21(12-7-18)36(3,32)33/h4-14,31H,15H2,1-3H3,(H,27,30). The van der Waals surface area contributed by atoms with Gasteiger partial charge in [0.2, 0.25) is 0 Å². The first-order chi connectivity index (χ1) is 17.0. The average Bonchev–Trinajstić information content (AvgIpc) is 2.86. The van der Waals surface area contributed by atoms with Crippen molar-refractivity contribution in [1.82, 2.24) is 5.16 Å². The van der Waals surface area contributed by atoms with Crippen molar-refractivity contribution in [3.8, 4) is 5.75 Å². The monoisotopic (exact) mass is 508 g/mol. The van der Waals surface area contributed by atoms with E-state index in [1.165, 1.54) is 43.5 Å². The van der Waals surface area contributed by atoms with Crippen molar-refractivity contribution in [2.45, 2.75) is 23.8 Å². The maximum Gasteiger partial charge on any atom is 0.366 e. The number of ether oxygens (including phenoxy) is 1. The summed E-state index contributed by atoms with van der Waals surface area (Å²) in [6, 6.07) is 17.0. The number of amides is 1. The van der Waals surface area contributed by atoms with Crippen molar-refractivity contribution in [3.05, 3.63) is 94.0 Å². The van der Waals surface area contributed by atoms with Crippen LogP contribution in [-0.2, 0) is 26.7 Å². The molecule has 186 valence electrons. The van der Waals surface area contributed by atoms with Gasteiger partial charge in [-0.3, -0.25) is 4.79 Å². The molecule has 4 aromatic rings. The van der Waals surface area contributed by atoms with Crippen LogP contribution < -0.4 is 15.7 Å². The van der Waals surface area contributed by atoms with Gasteiger partial charge in [-0.25, -0.2) is 13.2 Å². The highest BCUT2D eigenvalue weighted by Crippen LogP contribution is 2.30. The van der Waals surface area contributed by atoms with Crippen molar-refractivity contribution in [1.29, 1.82) is 0 Å². The molecule has 1 atom stereocenters. The number of nitrogens with zero attached hydrogens (tertiary/aromatic N) is 1. The lowest BCUT2D eigenvalue weighted by molar-refractivity contribution is -0.135. The minimum atomic E-state index is -3.46. The molecule has 3 aromatic carbocycles. The number of hydrogen-bond donors (Lipinski definition) is 2. The number of anilines is 1. The van der Waals surface area contributed by atoms with E-state index in [9.17, 15) is 23.1 Å². The molecule has 0 saturated carbocycles. The summed E-state index contributed by atoms with van der Waals surface area (Å²) in [6.45, 7) is 1.67. The molecule has 0 spiro atoms. The molecule has 10 heteroatoms. The largest absolute Gasteiger partial charge is 0.497 e. The third-order valence-corrected chi connectivity index (χ3v) is 7.04. The van der Waals surface area contributed by atoms with Gasteiger partial charge in [0.25, 0.3) is 5.91 Å². The predicted octanol–water partition coefficient (Wildman–Crippen LogP) is 2.98. The van der Waals surface area contributed by atoms with E-state index in [-0.39, 0.29) is 16.9 Å². The van der Waals surface area contributed by atoms with Crippen LogP contribution in [0.25, 0.3) is 10.8 Å². The Morgan fingerprint density at radius 2 is 1.72 bits per heavy atom. The number of carbonyl (C=O) groups is 1. The number of aliphatic hydroxyl groups is 1. The fourth-order valence-corrected chi connectivity index (χ4v) is 4.50. The zero-order valence-electron chi connectivity index (χ0n) is 19.8. The van der Waals surface area contributed by atoms with Crippen LogP contribution in [0, 0.1) is 6.92 Å². The Balaban J connectivity index is 1.74. The number of nitrogens with one attached hydrogen (secondary N) is 1. The quantitative estimate of drug-likeness (QED) is 0.389. The molecule has 9 nitrogen and oxygen atoms in total. The molecule has 0 aliphatic heterocycles. The van der Waals surface area contributed by atoms with Gasteiger partial charge in [-0.1, -0.05) is 29.4 Å². The van der Waals surface area contributed by atoms with Gasteiger partial charge in [0.05, 0.1) is 23.1 Å². The molecule has 0 saturated heterocycles. The summed E-state index contributed by atoms with van der Waals surface area (Å²) in [7, 11) is -1.93. The fraction of sp³-hybridized carbons (Fsp3) is 0.192. The van der Waals surface area contributed by atoms with E-state index in [1.54, 1.807) is 37.3 Å². The van der Waals surface area contributed by atoms with Crippen molar-refractivity contribution in [3.63, 3.8) is 0 Å². The number of aromatic nitrogens is 1. The van der Waals surface area contributed by atoms with E-state index in [1.807, 2.05) is 0 Å². The van der Waals surface area contributed by atoms with Crippen molar-refractivity contribution >= 4 is 32.2 Å². The Morgan fingerprint density at radius 1 is 1.06 bits per heavy atom. The second kappa shape index (κ2) is 9.56. The summed E-state index contributed by atoms with van der Waals surface area (Å²) in [5, 5.41) is 19.0. The number of aryl methyl sites for hydroxylation is 1. The number of benzene rings is 3. The summed E-state index contributed by atoms with van der Waals surface area (Å²) < 4.78 is 33.7. The first-order valence-electron chi connectivity index (χ1n) is 10.9. The molecule has 4 rings (SSSR count). The number of carbonyl (C=O) groups excluding carboxylic acids is 1. The topological polar surface area (TPSA) is 136 Å². The highest BCUT2D eigenvalue weighted by molar-refractivity contribution is 7.90. The van der Waals surface area contributed by atoms with Gasteiger partial charge >= 0.3 is 5.63 Å². The lowest BCUT2D eigenvalue weighted by Crippen LogP contribution is -2.42. The van der Waals surface area contributed by atoms with Gasteiger partial charge in [-0.05, 0) is 60.5 Å². The summed E-state index contributed by atoms with van der Waals surface area (Å²) in [5.74, 6) is -0.118. The maximum atomic E-state index is 13.5. The predicted molar refractivity (Wildman–Crippen MR) is 134 cm³/mol. The molecule has 0 fully saturated rings. The summed E-state index contributed by atoms with van der Waals surface area (Å²) in [4.78, 5) is 25.5. The first kappa shape index (κ1) is 25.1. The first-order valence-corrected chi connectivity index (χ1v) is 12.8. The normalized spacial score (nSPS) is 13.2. The number of rotatable bonds is 7. The molecule has 1 amide bonds. The van der Waals surface area contributed by atoms with Gasteiger partial charge in [0, 0.05) is 23.8 Å². The molecular weight excluding hydrogens is 484 g/mol. The van der Waals surface area contributed by atoms with Crippen molar-refractivity contribution in [2.24, 2.45) is 0 Å². The number of fused-ring (bicyclic) bond motifs is 1. The minimum absolute atomic E-state index is 0.0646. The Bertz CT molecular complexity index is 1590. The lowest BCUT2D eigenvalue weighted by atomic mass is 9.86. The van der Waals surface area contributed by atoms with Gasteiger partial charge in [-0.2, -0.15) is 0 Å². The zero-order chi connectivity index (χ0) is 26.1. The number of sulfone groups is 1. The summed E-state index contributed by atoms with van der Waals surface area (Å²) in [5.41, 5.74) is -0.994. The number of methoxy groups -OCH3 is 1. The molecule has 36 heavy (non-hydrogen) atoms. The third kappa shape index (κ3) is 5.00. The van der Waals surface area contributed by atoms with Crippen LogP contribution in [0.15, 0.2) is 80.9 Å². The smallest absolute Gasteiger partial charge is 0.366 e. The maximum absolute atomic E-state index is 13.5. The van der Waals surface area contributed by atoms with E-state index < -0.39 is 27.0 Å². The Hall–Kier alpha value is -4.02. The van der Waals surface area contributed by atoms with Crippen LogP contribution in [0.5, 0.6) is 5.75 Å². The molecule has 2 N–H and O–H groups in total. The molecule has 0 radical (unpaired) electrons. The summed E-state index contributed by atoms with van der Waals surface area (Å²) in [6.07, 6.45) is 0.980. The lowest BCUT2D eigenvalue weighted by Gasteiger charge is -2.28. The Labute approximate surface area is 207 Å². The van der Waals surface area contributed by atoms with Crippen molar-refractivity contribution < 1.29 is 27.6 Å². The Kier molecular flexibility index (Phi) is 6.66. The van der Waals surface area contributed by atoms with E-state index >= 15 is 0 Å². The Morgan fingerprint density at radius 3 is 2.33 bits per heavy atom. The van der Waals surface area contributed by atoms with E-state index in [4.69, 9.17) is 9.26 Å². The van der Waals surface area contributed by atoms with Crippen molar-refractivity contribution in [2.75, 3.05) is 18.7 Å². The fourth-order valence-electron chi connectivity index (χ4n) is 3.87.